The van der Waals surface area contributed by atoms with Crippen molar-refractivity contribution in [1.82, 2.24) is 4.90 Å². The first-order valence-electron chi connectivity index (χ1n) is 5.54. The number of likely N-dealkylation sites (N-methyl/N-ethyl adjacent to an activating group) is 1. The first kappa shape index (κ1) is 15.3. The number of hydrogen-bond donors (Lipinski definition) is 3. The van der Waals surface area contributed by atoms with Crippen LogP contribution in [0.25, 0.3) is 0 Å². The number of urea groups is 1. The van der Waals surface area contributed by atoms with E-state index < -0.39 is 18.1 Å². The molecule has 0 aliphatic rings. The number of nitrogens with one attached hydrogen (secondary N) is 1. The lowest BCUT2D eigenvalue weighted by Gasteiger charge is -2.19. The molecule has 104 valence electrons. The van der Waals surface area contributed by atoms with E-state index in [0.29, 0.717) is 5.69 Å². The lowest BCUT2D eigenvalue weighted by atomic mass is 10.2. The summed E-state index contributed by atoms with van der Waals surface area (Å²) in [7, 11) is 1.52. The number of halogens is 1. The highest BCUT2D eigenvalue weighted by molar-refractivity contribution is 6.33. The van der Waals surface area contributed by atoms with E-state index in [2.05, 4.69) is 5.32 Å². The van der Waals surface area contributed by atoms with Gasteiger partial charge >= 0.3 is 12.0 Å². The molecule has 0 aliphatic carbocycles. The van der Waals surface area contributed by atoms with Gasteiger partial charge in [0.15, 0.2) is 0 Å². The van der Waals surface area contributed by atoms with Crippen LogP contribution in [0.15, 0.2) is 18.2 Å². The SMILES string of the molecule is CC(O)CN(C)C(=O)Nc1ccc(Cl)c(C(=O)O)c1. The van der Waals surface area contributed by atoms with E-state index in [9.17, 15) is 14.7 Å². The van der Waals surface area contributed by atoms with Crippen molar-refractivity contribution in [3.05, 3.63) is 28.8 Å². The molecule has 1 aromatic rings. The van der Waals surface area contributed by atoms with Crippen molar-refractivity contribution in [3.8, 4) is 0 Å². The third-order valence-corrected chi connectivity index (χ3v) is 2.66. The van der Waals surface area contributed by atoms with Gasteiger partial charge < -0.3 is 20.4 Å². The summed E-state index contributed by atoms with van der Waals surface area (Å²) in [5, 5.41) is 20.7. The fraction of sp³-hybridized carbons (Fsp3) is 0.333. The molecule has 0 saturated heterocycles. The molecule has 0 aromatic heterocycles. The number of benzene rings is 1. The van der Waals surface area contributed by atoms with Crippen molar-refractivity contribution in [2.75, 3.05) is 18.9 Å². The van der Waals surface area contributed by atoms with Crippen molar-refractivity contribution in [1.29, 1.82) is 0 Å². The van der Waals surface area contributed by atoms with Gasteiger partial charge in [0.2, 0.25) is 0 Å². The molecule has 0 heterocycles. The maximum absolute atomic E-state index is 11.7. The van der Waals surface area contributed by atoms with Crippen LogP contribution in [0.1, 0.15) is 17.3 Å². The predicted octanol–water partition coefficient (Wildman–Crippen LogP) is 1.88. The smallest absolute Gasteiger partial charge is 0.337 e. The van der Waals surface area contributed by atoms with Gasteiger partial charge in [0.05, 0.1) is 16.7 Å². The summed E-state index contributed by atoms with van der Waals surface area (Å²) in [6.45, 7) is 1.74. The molecule has 0 aliphatic heterocycles. The van der Waals surface area contributed by atoms with Gasteiger partial charge in [-0.3, -0.25) is 0 Å². The number of carboxylic acid groups (broad SMARTS) is 1. The highest BCUT2D eigenvalue weighted by Crippen LogP contribution is 2.20. The third-order valence-electron chi connectivity index (χ3n) is 2.33. The molecule has 1 atom stereocenters. The Balaban J connectivity index is 2.80. The molecule has 0 bridgehead atoms. The van der Waals surface area contributed by atoms with Gasteiger partial charge in [-0.2, -0.15) is 0 Å². The number of anilines is 1. The molecule has 0 saturated carbocycles. The van der Waals surface area contributed by atoms with Crippen LogP contribution in [0.5, 0.6) is 0 Å². The first-order chi connectivity index (χ1) is 8.81. The lowest BCUT2D eigenvalue weighted by molar-refractivity contribution is 0.0697. The van der Waals surface area contributed by atoms with E-state index in [1.807, 2.05) is 0 Å². The maximum atomic E-state index is 11.7. The number of rotatable bonds is 4. The van der Waals surface area contributed by atoms with E-state index in [4.69, 9.17) is 16.7 Å². The molecule has 2 amide bonds. The summed E-state index contributed by atoms with van der Waals surface area (Å²) in [6, 6.07) is 3.73. The number of aliphatic hydroxyl groups excluding tert-OH is 1. The summed E-state index contributed by atoms with van der Waals surface area (Å²) >= 11 is 5.72. The van der Waals surface area contributed by atoms with Gasteiger partial charge in [0.1, 0.15) is 0 Å². The van der Waals surface area contributed by atoms with Crippen molar-refractivity contribution >= 4 is 29.3 Å². The summed E-state index contributed by atoms with van der Waals surface area (Å²) in [6.07, 6.45) is -0.643. The Labute approximate surface area is 115 Å². The van der Waals surface area contributed by atoms with Gasteiger partial charge in [-0.05, 0) is 25.1 Å². The largest absolute Gasteiger partial charge is 0.478 e. The molecule has 1 unspecified atom stereocenters. The summed E-state index contributed by atoms with van der Waals surface area (Å²) < 4.78 is 0. The maximum Gasteiger partial charge on any atom is 0.337 e. The Hall–Kier alpha value is -1.79. The number of carbonyl (C=O) groups excluding carboxylic acids is 1. The van der Waals surface area contributed by atoms with E-state index in [1.54, 1.807) is 6.92 Å². The minimum atomic E-state index is -1.17. The molecule has 6 nitrogen and oxygen atoms in total. The van der Waals surface area contributed by atoms with Gasteiger partial charge in [-0.1, -0.05) is 11.6 Å². The van der Waals surface area contributed by atoms with Crippen molar-refractivity contribution in [2.45, 2.75) is 13.0 Å². The predicted molar refractivity (Wildman–Crippen MR) is 71.7 cm³/mol. The Morgan fingerprint density at radius 2 is 2.11 bits per heavy atom. The number of aliphatic hydroxyl groups is 1. The zero-order valence-corrected chi connectivity index (χ0v) is 11.3. The summed E-state index contributed by atoms with van der Waals surface area (Å²) in [5.74, 6) is -1.17. The first-order valence-corrected chi connectivity index (χ1v) is 5.92. The van der Waals surface area contributed by atoms with Gasteiger partial charge in [0.25, 0.3) is 0 Å². The van der Waals surface area contributed by atoms with Crippen LogP contribution in [-0.4, -0.2) is 46.8 Å². The van der Waals surface area contributed by atoms with E-state index in [1.165, 1.54) is 30.1 Å². The van der Waals surface area contributed by atoms with Crippen LogP contribution < -0.4 is 5.32 Å². The minimum absolute atomic E-state index is 0.0855. The van der Waals surface area contributed by atoms with Crippen LogP contribution in [0.3, 0.4) is 0 Å². The Bertz CT molecular complexity index is 491. The van der Waals surface area contributed by atoms with Gasteiger partial charge in [0, 0.05) is 19.3 Å². The molecule has 0 spiro atoms. The molecule has 3 N–H and O–H groups in total. The number of carboxylic acids is 1. The highest BCUT2D eigenvalue weighted by atomic mass is 35.5. The second-order valence-electron chi connectivity index (χ2n) is 4.16. The zero-order valence-electron chi connectivity index (χ0n) is 10.6. The standard InChI is InChI=1S/C12H15ClN2O4/c1-7(16)6-15(2)12(19)14-8-3-4-10(13)9(5-8)11(17)18/h3-5,7,16H,6H2,1-2H3,(H,14,19)(H,17,18). The number of nitrogens with zero attached hydrogens (tertiary/aromatic N) is 1. The van der Waals surface area contributed by atoms with Crippen LogP contribution >= 0.6 is 11.6 Å². The van der Waals surface area contributed by atoms with Crippen molar-refractivity contribution in [3.63, 3.8) is 0 Å². The molecule has 1 aromatic carbocycles. The van der Waals surface area contributed by atoms with Crippen LogP contribution in [0.4, 0.5) is 10.5 Å². The Morgan fingerprint density at radius 1 is 1.47 bits per heavy atom. The number of hydrogen-bond acceptors (Lipinski definition) is 3. The quantitative estimate of drug-likeness (QED) is 0.788. The average Bonchev–Trinajstić information content (AvgIpc) is 2.30. The number of aromatic carboxylic acids is 1. The lowest BCUT2D eigenvalue weighted by Crippen LogP contribution is -2.36. The van der Waals surface area contributed by atoms with Crippen LogP contribution in [0, 0.1) is 0 Å². The molecule has 7 heteroatoms. The molecule has 1 rings (SSSR count). The molecule has 0 fully saturated rings. The molecular weight excluding hydrogens is 272 g/mol. The average molecular weight is 287 g/mol. The van der Waals surface area contributed by atoms with E-state index >= 15 is 0 Å². The molecule has 0 radical (unpaired) electrons. The number of amides is 2. The minimum Gasteiger partial charge on any atom is -0.478 e. The molecular formula is C12H15ClN2O4. The highest BCUT2D eigenvalue weighted by Gasteiger charge is 2.13. The zero-order chi connectivity index (χ0) is 14.6. The van der Waals surface area contributed by atoms with E-state index in [-0.39, 0.29) is 17.1 Å². The fourth-order valence-electron chi connectivity index (χ4n) is 1.47. The summed E-state index contributed by atoms with van der Waals surface area (Å²) in [4.78, 5) is 23.9. The fourth-order valence-corrected chi connectivity index (χ4v) is 1.66. The van der Waals surface area contributed by atoms with E-state index in [0.717, 1.165) is 0 Å². The third kappa shape index (κ3) is 4.42. The van der Waals surface area contributed by atoms with Crippen LogP contribution in [-0.2, 0) is 0 Å². The summed E-state index contributed by atoms with van der Waals surface area (Å²) in [5.41, 5.74) is 0.238. The van der Waals surface area contributed by atoms with Crippen LogP contribution in [0.2, 0.25) is 5.02 Å². The normalized spacial score (nSPS) is 11.8. The Morgan fingerprint density at radius 3 is 2.63 bits per heavy atom. The van der Waals surface area contributed by atoms with Crippen molar-refractivity contribution < 1.29 is 19.8 Å². The second-order valence-corrected chi connectivity index (χ2v) is 4.57. The second kappa shape index (κ2) is 6.40. The molecule has 19 heavy (non-hydrogen) atoms. The van der Waals surface area contributed by atoms with Gasteiger partial charge in [-0.25, -0.2) is 9.59 Å². The monoisotopic (exact) mass is 286 g/mol. The van der Waals surface area contributed by atoms with Gasteiger partial charge in [-0.15, -0.1) is 0 Å². The Kier molecular flexibility index (Phi) is 5.14. The van der Waals surface area contributed by atoms with Crippen molar-refractivity contribution in [2.24, 2.45) is 0 Å². The topological polar surface area (TPSA) is 89.9 Å². The number of carbonyl (C=O) groups is 2.